The van der Waals surface area contributed by atoms with Crippen LogP contribution in [0.2, 0.25) is 0 Å². The summed E-state index contributed by atoms with van der Waals surface area (Å²) in [5.74, 6) is 0.542. The van der Waals surface area contributed by atoms with E-state index in [0.717, 1.165) is 16.1 Å². The van der Waals surface area contributed by atoms with E-state index in [1.807, 2.05) is 30.3 Å². The normalized spacial score (nSPS) is 10.9. The lowest BCUT2D eigenvalue weighted by Gasteiger charge is -2.04. The summed E-state index contributed by atoms with van der Waals surface area (Å²) in [7, 11) is 0. The van der Waals surface area contributed by atoms with E-state index in [4.69, 9.17) is 4.74 Å². The molecular formula is C13H12N4OS. The molecule has 5 nitrogen and oxygen atoms in total. The molecule has 0 aliphatic heterocycles. The Morgan fingerprint density at radius 3 is 2.89 bits per heavy atom. The molecule has 1 aromatic carbocycles. The number of thioether (sulfide) groups is 1. The lowest BCUT2D eigenvalue weighted by atomic mass is 10.2. The maximum absolute atomic E-state index is 5.62. The van der Waals surface area contributed by atoms with Gasteiger partial charge in [-0.25, -0.2) is 15.0 Å². The topological polar surface area (TPSA) is 63.7 Å². The minimum Gasteiger partial charge on any atom is -0.366 e. The van der Waals surface area contributed by atoms with Crippen molar-refractivity contribution >= 4 is 22.9 Å². The van der Waals surface area contributed by atoms with Crippen molar-refractivity contribution in [3.8, 4) is 0 Å². The van der Waals surface area contributed by atoms with Gasteiger partial charge in [-0.05, 0) is 5.56 Å². The Morgan fingerprint density at radius 1 is 1.11 bits per heavy atom. The number of imidazole rings is 1. The Morgan fingerprint density at radius 2 is 2.00 bits per heavy atom. The predicted octanol–water partition coefficient (Wildman–Crippen LogP) is 2.62. The lowest BCUT2D eigenvalue weighted by Crippen LogP contribution is -1.93. The van der Waals surface area contributed by atoms with Crippen molar-refractivity contribution in [1.29, 1.82) is 0 Å². The molecule has 19 heavy (non-hydrogen) atoms. The van der Waals surface area contributed by atoms with Gasteiger partial charge >= 0.3 is 0 Å². The van der Waals surface area contributed by atoms with Gasteiger partial charge in [0, 0.05) is 0 Å². The molecule has 1 N–H and O–H groups in total. The minimum atomic E-state index is 0.542. The van der Waals surface area contributed by atoms with Gasteiger partial charge in [0.05, 0.1) is 18.9 Å². The molecule has 3 rings (SSSR count). The first kappa shape index (κ1) is 12.1. The monoisotopic (exact) mass is 272 g/mol. The number of benzene rings is 1. The number of nitrogens with one attached hydrogen (secondary N) is 1. The molecule has 0 aliphatic carbocycles. The summed E-state index contributed by atoms with van der Waals surface area (Å²) < 4.78 is 5.62. The maximum Gasteiger partial charge on any atom is 0.181 e. The zero-order valence-electron chi connectivity index (χ0n) is 10.1. The predicted molar refractivity (Wildman–Crippen MR) is 73.6 cm³/mol. The highest BCUT2D eigenvalue weighted by molar-refractivity contribution is 7.99. The van der Waals surface area contributed by atoms with Crippen molar-refractivity contribution < 1.29 is 4.74 Å². The minimum absolute atomic E-state index is 0.542. The van der Waals surface area contributed by atoms with Gasteiger partial charge in [0.15, 0.2) is 5.65 Å². The third-order valence-electron chi connectivity index (χ3n) is 2.58. The van der Waals surface area contributed by atoms with Crippen molar-refractivity contribution in [2.24, 2.45) is 0 Å². The Hall–Kier alpha value is -1.92. The number of fused-ring (bicyclic) bond motifs is 1. The highest BCUT2D eigenvalue weighted by Gasteiger charge is 2.05. The second-order valence-corrected chi connectivity index (χ2v) is 4.79. The fourth-order valence-electron chi connectivity index (χ4n) is 1.68. The highest BCUT2D eigenvalue weighted by atomic mass is 32.2. The summed E-state index contributed by atoms with van der Waals surface area (Å²) >= 11 is 1.53. The van der Waals surface area contributed by atoms with Crippen LogP contribution in [0.4, 0.5) is 0 Å². The molecule has 2 aromatic heterocycles. The maximum atomic E-state index is 5.62. The van der Waals surface area contributed by atoms with E-state index in [-0.39, 0.29) is 0 Å². The summed E-state index contributed by atoms with van der Waals surface area (Å²) in [6.45, 7) is 0.602. The summed E-state index contributed by atoms with van der Waals surface area (Å²) in [6, 6.07) is 10.1. The molecule has 6 heteroatoms. The number of hydrogen-bond donors (Lipinski definition) is 1. The molecule has 0 fully saturated rings. The number of aromatic amines is 1. The Labute approximate surface area is 114 Å². The van der Waals surface area contributed by atoms with Crippen LogP contribution in [-0.4, -0.2) is 25.9 Å². The molecule has 0 atom stereocenters. The van der Waals surface area contributed by atoms with Crippen molar-refractivity contribution in [2.45, 2.75) is 11.6 Å². The van der Waals surface area contributed by atoms with Gasteiger partial charge in [0.2, 0.25) is 0 Å². The zero-order chi connectivity index (χ0) is 12.9. The van der Waals surface area contributed by atoms with Crippen LogP contribution < -0.4 is 0 Å². The number of ether oxygens (including phenoxy) is 1. The van der Waals surface area contributed by atoms with E-state index in [9.17, 15) is 0 Å². The van der Waals surface area contributed by atoms with Crippen LogP contribution in [0, 0.1) is 0 Å². The fourth-order valence-corrected chi connectivity index (χ4v) is 2.38. The average molecular weight is 272 g/mol. The fraction of sp³-hybridized carbons (Fsp3) is 0.154. The van der Waals surface area contributed by atoms with Crippen LogP contribution in [0.3, 0.4) is 0 Å². The number of aromatic nitrogens is 4. The molecule has 2 heterocycles. The lowest BCUT2D eigenvalue weighted by molar-refractivity contribution is 0.169. The van der Waals surface area contributed by atoms with Crippen LogP contribution in [0.1, 0.15) is 5.56 Å². The molecule has 0 aliphatic rings. The van der Waals surface area contributed by atoms with Gasteiger partial charge in [0.1, 0.15) is 16.9 Å². The van der Waals surface area contributed by atoms with E-state index >= 15 is 0 Å². The SMILES string of the molecule is c1ccc(COCSc2ncnc3nc[nH]c23)cc1. The zero-order valence-corrected chi connectivity index (χ0v) is 10.9. The summed E-state index contributed by atoms with van der Waals surface area (Å²) in [4.78, 5) is 15.4. The first-order valence-electron chi connectivity index (χ1n) is 5.82. The second-order valence-electron chi connectivity index (χ2n) is 3.88. The molecule has 0 unspecified atom stereocenters. The first-order valence-corrected chi connectivity index (χ1v) is 6.80. The van der Waals surface area contributed by atoms with Crippen molar-refractivity contribution in [3.05, 3.63) is 48.5 Å². The average Bonchev–Trinajstić information content (AvgIpc) is 2.94. The van der Waals surface area contributed by atoms with Crippen molar-refractivity contribution in [1.82, 2.24) is 19.9 Å². The number of hydrogen-bond acceptors (Lipinski definition) is 5. The van der Waals surface area contributed by atoms with Gasteiger partial charge in [0.25, 0.3) is 0 Å². The smallest absolute Gasteiger partial charge is 0.181 e. The van der Waals surface area contributed by atoms with Crippen LogP contribution in [-0.2, 0) is 11.3 Å². The molecule has 0 spiro atoms. The van der Waals surface area contributed by atoms with Gasteiger partial charge in [-0.1, -0.05) is 42.1 Å². The third-order valence-corrected chi connectivity index (χ3v) is 3.45. The van der Waals surface area contributed by atoms with E-state index < -0.39 is 0 Å². The standard InChI is InChI=1S/C13H12N4OS/c1-2-4-10(5-3-1)6-18-9-19-13-11-12(15-7-14-11)16-8-17-13/h1-5,7-8H,6,9H2,(H,14,15,16,17). The molecule has 0 saturated carbocycles. The number of rotatable bonds is 5. The van der Waals surface area contributed by atoms with Crippen LogP contribution in [0.15, 0.2) is 48.0 Å². The molecular weight excluding hydrogens is 260 g/mol. The molecule has 96 valence electrons. The molecule has 3 aromatic rings. The van der Waals surface area contributed by atoms with E-state index in [1.54, 1.807) is 6.33 Å². The van der Waals surface area contributed by atoms with Gasteiger partial charge in [-0.15, -0.1) is 0 Å². The molecule has 0 bridgehead atoms. The van der Waals surface area contributed by atoms with E-state index in [2.05, 4.69) is 19.9 Å². The highest BCUT2D eigenvalue weighted by Crippen LogP contribution is 2.21. The Balaban J connectivity index is 1.57. The molecule has 0 amide bonds. The van der Waals surface area contributed by atoms with Gasteiger partial charge < -0.3 is 9.72 Å². The van der Waals surface area contributed by atoms with Crippen LogP contribution in [0.5, 0.6) is 0 Å². The van der Waals surface area contributed by atoms with Crippen LogP contribution in [0.25, 0.3) is 11.2 Å². The second kappa shape index (κ2) is 5.81. The molecule has 0 saturated heterocycles. The Bertz CT molecular complexity index is 656. The third kappa shape index (κ3) is 2.91. The number of H-pyrrole nitrogens is 1. The summed E-state index contributed by atoms with van der Waals surface area (Å²) in [5, 5.41) is 0.857. The molecule has 0 radical (unpaired) electrons. The van der Waals surface area contributed by atoms with E-state index in [1.165, 1.54) is 18.1 Å². The number of nitrogens with zero attached hydrogens (tertiary/aromatic N) is 3. The van der Waals surface area contributed by atoms with Gasteiger partial charge in [-0.2, -0.15) is 0 Å². The summed E-state index contributed by atoms with van der Waals surface area (Å²) in [5.41, 5.74) is 2.70. The largest absolute Gasteiger partial charge is 0.366 e. The first-order chi connectivity index (χ1) is 9.43. The van der Waals surface area contributed by atoms with Crippen molar-refractivity contribution in [3.63, 3.8) is 0 Å². The van der Waals surface area contributed by atoms with Crippen LogP contribution >= 0.6 is 11.8 Å². The quantitative estimate of drug-likeness (QED) is 0.335. The van der Waals surface area contributed by atoms with E-state index in [0.29, 0.717) is 18.2 Å². The van der Waals surface area contributed by atoms with Gasteiger partial charge in [-0.3, -0.25) is 0 Å². The summed E-state index contributed by atoms with van der Waals surface area (Å²) in [6.07, 6.45) is 3.14. The van der Waals surface area contributed by atoms with Crippen molar-refractivity contribution in [2.75, 3.05) is 5.94 Å². The Kier molecular flexibility index (Phi) is 3.71.